The normalized spacial score (nSPS) is 12.2. The van der Waals surface area contributed by atoms with Gasteiger partial charge in [-0.15, -0.1) is 0 Å². The van der Waals surface area contributed by atoms with Crippen LogP contribution in [0.5, 0.6) is 0 Å². The molecule has 0 aliphatic heterocycles. The van der Waals surface area contributed by atoms with Crippen molar-refractivity contribution in [3.05, 3.63) is 80.4 Å². The summed E-state index contributed by atoms with van der Waals surface area (Å²) in [6.07, 6.45) is -3.27. The Morgan fingerprint density at radius 2 is 1.58 bits per heavy atom. The summed E-state index contributed by atoms with van der Waals surface area (Å²) in [5.74, 6) is 0.0738. The molecule has 0 fully saturated rings. The molecule has 200 valence electrons. The molecule has 4 aromatic rings. The molecule has 1 aromatic carbocycles. The number of benzene rings is 1. The Labute approximate surface area is 210 Å². The van der Waals surface area contributed by atoms with E-state index in [4.69, 9.17) is 0 Å². The molecule has 0 spiro atoms. The van der Waals surface area contributed by atoms with E-state index in [9.17, 15) is 35.9 Å². The number of nitrogens with zero attached hydrogens (tertiary/aromatic N) is 3. The molecule has 14 heteroatoms. The number of rotatable bonds is 8. The first-order chi connectivity index (χ1) is 17.9. The Balaban J connectivity index is 1.42. The van der Waals surface area contributed by atoms with Gasteiger partial charge >= 0.3 is 12.4 Å². The highest BCUT2D eigenvalue weighted by Gasteiger charge is 2.37. The fourth-order valence-electron chi connectivity index (χ4n) is 3.94. The van der Waals surface area contributed by atoms with Gasteiger partial charge in [0.1, 0.15) is 5.56 Å². The summed E-state index contributed by atoms with van der Waals surface area (Å²) in [7, 11) is 0. The standard InChI is InChI=1S/C24H20F6N6O2/c25-23(26,27)15-10-32-20(33-11-15)13-5-6-16-17(8-13)14(9-34-21(16)37)4-2-1-3-7-31-18-12-35-36-22(38)19(18)24(28,29)30/h5-6,8-12H,1-4,7H2,(H,34,37)(H2,31,36,38). The van der Waals surface area contributed by atoms with Gasteiger partial charge < -0.3 is 10.3 Å². The quantitative estimate of drug-likeness (QED) is 0.216. The van der Waals surface area contributed by atoms with Gasteiger partial charge in [-0.1, -0.05) is 12.5 Å². The lowest BCUT2D eigenvalue weighted by molar-refractivity contribution is -0.139. The first-order valence-corrected chi connectivity index (χ1v) is 11.4. The number of hydrogen-bond donors (Lipinski definition) is 3. The molecule has 4 rings (SSSR count). The summed E-state index contributed by atoms with van der Waals surface area (Å²) >= 11 is 0. The number of aromatic amines is 2. The minimum atomic E-state index is -4.82. The van der Waals surface area contributed by atoms with Crippen molar-refractivity contribution in [1.82, 2.24) is 25.1 Å². The summed E-state index contributed by atoms with van der Waals surface area (Å²) in [5, 5.41) is 8.76. The molecule has 3 aromatic heterocycles. The highest BCUT2D eigenvalue weighted by atomic mass is 19.4. The first-order valence-electron chi connectivity index (χ1n) is 11.4. The molecule has 0 amide bonds. The van der Waals surface area contributed by atoms with E-state index in [0.29, 0.717) is 54.4 Å². The number of hydrogen-bond acceptors (Lipinski definition) is 6. The van der Waals surface area contributed by atoms with Crippen molar-refractivity contribution in [3.63, 3.8) is 0 Å². The Morgan fingerprint density at radius 3 is 2.26 bits per heavy atom. The van der Waals surface area contributed by atoms with Crippen LogP contribution in [0.4, 0.5) is 32.0 Å². The molecule has 0 saturated carbocycles. The van der Waals surface area contributed by atoms with Crippen molar-refractivity contribution >= 4 is 16.5 Å². The van der Waals surface area contributed by atoms with Crippen LogP contribution in [0.3, 0.4) is 0 Å². The van der Waals surface area contributed by atoms with Gasteiger partial charge in [0, 0.05) is 36.1 Å². The van der Waals surface area contributed by atoms with Crippen LogP contribution >= 0.6 is 0 Å². The number of halogens is 6. The van der Waals surface area contributed by atoms with E-state index in [1.807, 2.05) is 0 Å². The van der Waals surface area contributed by atoms with Crippen LogP contribution in [0.15, 0.2) is 52.6 Å². The maximum absolute atomic E-state index is 13.1. The van der Waals surface area contributed by atoms with Crippen molar-refractivity contribution in [1.29, 1.82) is 0 Å². The van der Waals surface area contributed by atoms with E-state index in [1.54, 1.807) is 29.5 Å². The molecular weight excluding hydrogens is 518 g/mol. The van der Waals surface area contributed by atoms with Gasteiger partial charge in [0.2, 0.25) is 0 Å². The SMILES string of the molecule is O=c1[nH]ncc(NCCCCCc2c[nH]c(=O)c3ccc(-c4ncc(C(F)(F)F)cn4)cc23)c1C(F)(F)F. The van der Waals surface area contributed by atoms with Gasteiger partial charge in [0.25, 0.3) is 11.1 Å². The number of alkyl halides is 6. The summed E-state index contributed by atoms with van der Waals surface area (Å²) in [4.78, 5) is 34.1. The molecule has 38 heavy (non-hydrogen) atoms. The first kappa shape index (κ1) is 26.8. The largest absolute Gasteiger partial charge is 0.423 e. The average Bonchev–Trinajstić information content (AvgIpc) is 2.86. The van der Waals surface area contributed by atoms with Gasteiger partial charge in [0.15, 0.2) is 5.82 Å². The number of H-pyrrole nitrogens is 2. The van der Waals surface area contributed by atoms with Crippen molar-refractivity contribution < 1.29 is 26.3 Å². The van der Waals surface area contributed by atoms with E-state index < -0.39 is 34.7 Å². The average molecular weight is 538 g/mol. The smallest absolute Gasteiger partial charge is 0.383 e. The lowest BCUT2D eigenvalue weighted by Gasteiger charge is -2.12. The van der Waals surface area contributed by atoms with Crippen LogP contribution in [0.2, 0.25) is 0 Å². The topological polar surface area (TPSA) is 116 Å². The van der Waals surface area contributed by atoms with E-state index in [0.717, 1.165) is 11.8 Å². The monoisotopic (exact) mass is 538 g/mol. The number of nitrogens with one attached hydrogen (secondary N) is 3. The lowest BCUT2D eigenvalue weighted by Crippen LogP contribution is -2.25. The molecule has 3 N–H and O–H groups in total. The highest BCUT2D eigenvalue weighted by Crippen LogP contribution is 2.32. The highest BCUT2D eigenvalue weighted by molar-refractivity contribution is 5.88. The number of pyridine rings is 1. The summed E-state index contributed by atoms with van der Waals surface area (Å²) < 4.78 is 77.8. The zero-order valence-corrected chi connectivity index (χ0v) is 19.5. The van der Waals surface area contributed by atoms with Crippen LogP contribution in [-0.4, -0.2) is 31.7 Å². The van der Waals surface area contributed by atoms with Crippen LogP contribution in [0, 0.1) is 0 Å². The second-order valence-electron chi connectivity index (χ2n) is 8.42. The van der Waals surface area contributed by atoms with E-state index in [2.05, 4.69) is 25.4 Å². The molecule has 0 saturated heterocycles. The summed E-state index contributed by atoms with van der Waals surface area (Å²) in [6.45, 7) is 0.177. The van der Waals surface area contributed by atoms with Gasteiger partial charge in [-0.25, -0.2) is 15.1 Å². The third-order valence-corrected chi connectivity index (χ3v) is 5.80. The number of aromatic nitrogens is 5. The Morgan fingerprint density at radius 1 is 0.842 bits per heavy atom. The van der Waals surface area contributed by atoms with E-state index >= 15 is 0 Å². The molecule has 0 radical (unpaired) electrons. The molecule has 0 bridgehead atoms. The number of fused-ring (bicyclic) bond motifs is 1. The zero-order chi connectivity index (χ0) is 27.5. The van der Waals surface area contributed by atoms with Crippen LogP contribution in [0.1, 0.15) is 36.0 Å². The molecule has 3 heterocycles. The molecule has 0 aliphatic rings. The Hall–Kier alpha value is -4.23. The van der Waals surface area contributed by atoms with Crippen LogP contribution in [0.25, 0.3) is 22.2 Å². The number of aryl methyl sites for hydroxylation is 1. The van der Waals surface area contributed by atoms with Crippen molar-refractivity contribution in [2.24, 2.45) is 0 Å². The number of anilines is 1. The predicted molar refractivity (Wildman–Crippen MR) is 127 cm³/mol. The van der Waals surface area contributed by atoms with Crippen molar-refractivity contribution in [2.45, 2.75) is 38.0 Å². The third kappa shape index (κ3) is 6.01. The van der Waals surface area contributed by atoms with Gasteiger partial charge in [-0.05, 0) is 42.3 Å². The Bertz CT molecular complexity index is 1540. The molecule has 0 atom stereocenters. The van der Waals surface area contributed by atoms with Crippen molar-refractivity contribution in [2.75, 3.05) is 11.9 Å². The fourth-order valence-corrected chi connectivity index (χ4v) is 3.94. The summed E-state index contributed by atoms with van der Waals surface area (Å²) in [5.41, 5.74) is -3.15. The molecule has 8 nitrogen and oxygen atoms in total. The fraction of sp³-hybridized carbons (Fsp3) is 0.292. The minimum Gasteiger partial charge on any atom is -0.383 e. The minimum absolute atomic E-state index is 0.0738. The Kier molecular flexibility index (Phi) is 7.51. The summed E-state index contributed by atoms with van der Waals surface area (Å²) in [6, 6.07) is 4.74. The third-order valence-electron chi connectivity index (χ3n) is 5.80. The number of unbranched alkanes of at least 4 members (excludes halogenated alkanes) is 2. The molecular formula is C24H20F6N6O2. The lowest BCUT2D eigenvalue weighted by atomic mass is 10.00. The predicted octanol–water partition coefficient (Wildman–Crippen LogP) is 4.93. The van der Waals surface area contributed by atoms with Gasteiger partial charge in [-0.2, -0.15) is 31.4 Å². The molecule has 0 unspecified atom stereocenters. The zero-order valence-electron chi connectivity index (χ0n) is 19.5. The van der Waals surface area contributed by atoms with Crippen LogP contribution < -0.4 is 16.4 Å². The maximum Gasteiger partial charge on any atom is 0.423 e. The maximum atomic E-state index is 13.1. The van der Waals surface area contributed by atoms with Crippen molar-refractivity contribution in [3.8, 4) is 11.4 Å². The van der Waals surface area contributed by atoms with E-state index in [-0.39, 0.29) is 17.9 Å². The second kappa shape index (κ2) is 10.6. The van der Waals surface area contributed by atoms with Gasteiger partial charge in [-0.3, -0.25) is 9.59 Å². The van der Waals surface area contributed by atoms with Gasteiger partial charge in [0.05, 0.1) is 17.4 Å². The van der Waals surface area contributed by atoms with E-state index in [1.165, 1.54) is 0 Å². The van der Waals surface area contributed by atoms with Crippen LogP contribution in [-0.2, 0) is 18.8 Å². The molecule has 0 aliphatic carbocycles. The second-order valence-corrected chi connectivity index (χ2v) is 8.42.